The van der Waals surface area contributed by atoms with Gasteiger partial charge in [-0.15, -0.1) is 0 Å². The lowest BCUT2D eigenvalue weighted by Gasteiger charge is -2.06. The molecule has 0 saturated heterocycles. The fraction of sp³-hybridized carbons (Fsp3) is 0.0833. The fourth-order valence-corrected chi connectivity index (χ4v) is 1.74. The highest BCUT2D eigenvalue weighted by molar-refractivity contribution is 9.10. The van der Waals surface area contributed by atoms with Crippen LogP contribution in [0.1, 0.15) is 10.5 Å². The van der Waals surface area contributed by atoms with Crippen LogP contribution in [-0.4, -0.2) is 15.5 Å². The number of hydrogen-bond donors (Lipinski definition) is 1. The van der Waals surface area contributed by atoms with Crippen molar-refractivity contribution in [1.29, 1.82) is 0 Å². The summed E-state index contributed by atoms with van der Waals surface area (Å²) in [4.78, 5) is 27.1. The van der Waals surface area contributed by atoms with E-state index in [0.29, 0.717) is 16.0 Å². The Morgan fingerprint density at radius 3 is 2.78 bits per heavy atom. The molecule has 0 bridgehead atoms. The summed E-state index contributed by atoms with van der Waals surface area (Å²) in [7, 11) is 1.62. The molecular weight excluding hydrogens is 298 g/mol. The highest BCUT2D eigenvalue weighted by Crippen LogP contribution is 2.09. The first-order chi connectivity index (χ1) is 8.56. The molecule has 18 heavy (non-hydrogen) atoms. The first-order valence-electron chi connectivity index (χ1n) is 5.17. The van der Waals surface area contributed by atoms with E-state index in [-0.39, 0.29) is 11.5 Å². The van der Waals surface area contributed by atoms with Crippen LogP contribution in [0.5, 0.6) is 0 Å². The van der Waals surface area contributed by atoms with E-state index in [0.717, 1.165) is 0 Å². The summed E-state index contributed by atoms with van der Waals surface area (Å²) in [5, 5.41) is 2.67. The topological polar surface area (TPSA) is 64.0 Å². The van der Waals surface area contributed by atoms with E-state index in [1.54, 1.807) is 37.5 Å². The number of nitrogens with zero attached hydrogens (tertiary/aromatic N) is 2. The molecule has 0 unspecified atom stereocenters. The minimum Gasteiger partial charge on any atom is -0.319 e. The summed E-state index contributed by atoms with van der Waals surface area (Å²) in [5.74, 6) is -0.324. The zero-order valence-corrected chi connectivity index (χ0v) is 11.1. The van der Waals surface area contributed by atoms with Gasteiger partial charge in [0.25, 0.3) is 5.91 Å². The highest BCUT2D eigenvalue weighted by Gasteiger charge is 2.08. The molecular formula is C12H10BrN3O2. The molecule has 0 aromatic carbocycles. The van der Waals surface area contributed by atoms with Crippen LogP contribution in [0, 0.1) is 0 Å². The number of halogens is 1. The second-order valence-corrected chi connectivity index (χ2v) is 4.48. The van der Waals surface area contributed by atoms with Crippen molar-refractivity contribution in [1.82, 2.24) is 9.55 Å². The molecule has 0 spiro atoms. The molecule has 2 heterocycles. The van der Waals surface area contributed by atoms with Gasteiger partial charge in [0.2, 0.25) is 5.56 Å². The average Bonchev–Trinajstić information content (AvgIpc) is 2.34. The Morgan fingerprint density at radius 1 is 1.33 bits per heavy atom. The molecule has 0 saturated carbocycles. The first kappa shape index (κ1) is 12.5. The summed E-state index contributed by atoms with van der Waals surface area (Å²) >= 11 is 3.20. The summed E-state index contributed by atoms with van der Waals surface area (Å²) in [6.45, 7) is 0. The maximum Gasteiger partial charge on any atom is 0.274 e. The zero-order valence-electron chi connectivity index (χ0n) is 9.55. The van der Waals surface area contributed by atoms with Gasteiger partial charge in [-0.05, 0) is 34.1 Å². The lowest BCUT2D eigenvalue weighted by molar-refractivity contribution is 0.102. The number of aryl methyl sites for hydroxylation is 1. The van der Waals surface area contributed by atoms with Crippen LogP contribution in [0.15, 0.2) is 45.9 Å². The summed E-state index contributed by atoms with van der Waals surface area (Å²) in [6.07, 6.45) is 1.55. The predicted octanol–water partition coefficient (Wildman–Crippen LogP) is 1.80. The Bertz CT molecular complexity index is 652. The molecule has 0 aliphatic carbocycles. The standard InChI is InChI=1S/C12H10BrN3O2/c1-16-7-8(5-6-11(16)17)14-12(18)9-3-2-4-10(13)15-9/h2-7H,1H3,(H,14,18). The number of carbonyl (C=O) groups is 1. The van der Waals surface area contributed by atoms with Gasteiger partial charge in [0, 0.05) is 19.3 Å². The van der Waals surface area contributed by atoms with Gasteiger partial charge in [0.15, 0.2) is 0 Å². The van der Waals surface area contributed by atoms with Crippen LogP contribution in [-0.2, 0) is 7.05 Å². The second-order valence-electron chi connectivity index (χ2n) is 3.67. The van der Waals surface area contributed by atoms with Crippen LogP contribution < -0.4 is 10.9 Å². The molecule has 2 aromatic rings. The SMILES string of the molecule is Cn1cc(NC(=O)c2cccc(Br)n2)ccc1=O. The van der Waals surface area contributed by atoms with E-state index in [2.05, 4.69) is 26.2 Å². The summed E-state index contributed by atoms with van der Waals surface area (Å²) in [5.41, 5.74) is 0.718. The van der Waals surface area contributed by atoms with E-state index in [9.17, 15) is 9.59 Å². The third kappa shape index (κ3) is 2.84. The van der Waals surface area contributed by atoms with Gasteiger partial charge < -0.3 is 9.88 Å². The molecule has 2 rings (SSSR count). The summed E-state index contributed by atoms with van der Waals surface area (Å²) in [6, 6.07) is 8.03. The van der Waals surface area contributed by atoms with Gasteiger partial charge in [-0.2, -0.15) is 0 Å². The lowest BCUT2D eigenvalue weighted by Crippen LogP contribution is -2.18. The van der Waals surface area contributed by atoms with Crippen molar-refractivity contribution < 1.29 is 4.79 Å². The number of hydrogen-bond acceptors (Lipinski definition) is 3. The van der Waals surface area contributed by atoms with E-state index in [1.807, 2.05) is 0 Å². The van der Waals surface area contributed by atoms with Gasteiger partial charge in [0.05, 0.1) is 5.69 Å². The molecule has 1 amide bonds. The zero-order chi connectivity index (χ0) is 13.1. The molecule has 1 N–H and O–H groups in total. The molecule has 6 heteroatoms. The van der Waals surface area contributed by atoms with Gasteiger partial charge in [0.1, 0.15) is 10.3 Å². The Labute approximate surface area is 112 Å². The quantitative estimate of drug-likeness (QED) is 0.860. The minimum absolute atomic E-state index is 0.131. The van der Waals surface area contributed by atoms with E-state index in [1.165, 1.54) is 10.6 Å². The smallest absolute Gasteiger partial charge is 0.274 e. The largest absolute Gasteiger partial charge is 0.319 e. The van der Waals surface area contributed by atoms with Crippen LogP contribution in [0.3, 0.4) is 0 Å². The van der Waals surface area contributed by atoms with Gasteiger partial charge in [-0.1, -0.05) is 6.07 Å². The van der Waals surface area contributed by atoms with Gasteiger partial charge in [-0.3, -0.25) is 9.59 Å². The summed E-state index contributed by atoms with van der Waals surface area (Å²) < 4.78 is 1.99. The second kappa shape index (κ2) is 5.14. The van der Waals surface area contributed by atoms with E-state index in [4.69, 9.17) is 0 Å². The van der Waals surface area contributed by atoms with Crippen molar-refractivity contribution in [2.24, 2.45) is 7.05 Å². The maximum absolute atomic E-state index is 11.9. The number of pyridine rings is 2. The van der Waals surface area contributed by atoms with Crippen LogP contribution in [0.25, 0.3) is 0 Å². The number of rotatable bonds is 2. The first-order valence-corrected chi connectivity index (χ1v) is 5.96. The molecule has 5 nitrogen and oxygen atoms in total. The van der Waals surface area contributed by atoms with Crippen molar-refractivity contribution in [3.05, 3.63) is 57.2 Å². The molecule has 92 valence electrons. The average molecular weight is 308 g/mol. The molecule has 0 aliphatic rings. The predicted molar refractivity (Wildman–Crippen MR) is 71.6 cm³/mol. The molecule has 0 atom stereocenters. The van der Waals surface area contributed by atoms with Crippen LogP contribution in [0.4, 0.5) is 5.69 Å². The Kier molecular flexibility index (Phi) is 3.57. The Balaban J connectivity index is 2.21. The monoisotopic (exact) mass is 307 g/mol. The molecule has 0 radical (unpaired) electrons. The normalized spacial score (nSPS) is 10.1. The number of nitrogens with one attached hydrogen (secondary N) is 1. The molecule has 0 fully saturated rings. The maximum atomic E-state index is 11.9. The molecule has 0 aliphatic heterocycles. The van der Waals surface area contributed by atoms with Crippen molar-refractivity contribution in [3.8, 4) is 0 Å². The Morgan fingerprint density at radius 2 is 2.11 bits per heavy atom. The number of anilines is 1. The third-order valence-corrected chi connectivity index (χ3v) is 2.73. The Hall–Kier alpha value is -1.95. The van der Waals surface area contributed by atoms with Crippen molar-refractivity contribution in [2.45, 2.75) is 0 Å². The number of aromatic nitrogens is 2. The fourth-order valence-electron chi connectivity index (χ4n) is 1.40. The highest BCUT2D eigenvalue weighted by atomic mass is 79.9. The van der Waals surface area contributed by atoms with Crippen molar-refractivity contribution >= 4 is 27.5 Å². The minimum atomic E-state index is -0.324. The van der Waals surface area contributed by atoms with Crippen molar-refractivity contribution in [3.63, 3.8) is 0 Å². The number of carbonyl (C=O) groups excluding carboxylic acids is 1. The van der Waals surface area contributed by atoms with E-state index < -0.39 is 0 Å². The van der Waals surface area contributed by atoms with Gasteiger partial charge >= 0.3 is 0 Å². The molecule has 2 aromatic heterocycles. The van der Waals surface area contributed by atoms with Crippen LogP contribution in [0.2, 0.25) is 0 Å². The lowest BCUT2D eigenvalue weighted by atomic mass is 10.3. The van der Waals surface area contributed by atoms with Crippen molar-refractivity contribution in [2.75, 3.05) is 5.32 Å². The van der Waals surface area contributed by atoms with E-state index >= 15 is 0 Å². The van der Waals surface area contributed by atoms with Crippen LogP contribution >= 0.6 is 15.9 Å². The third-order valence-electron chi connectivity index (χ3n) is 2.29. The number of amides is 1. The van der Waals surface area contributed by atoms with Gasteiger partial charge in [-0.25, -0.2) is 4.98 Å².